The minimum Gasteiger partial charge on any atom is -0.351 e. The van der Waals surface area contributed by atoms with Crippen LogP contribution in [0.1, 0.15) is 58.3 Å². The Bertz CT molecular complexity index is 589. The number of fused-ring (bicyclic) bond motifs is 1. The minimum atomic E-state index is -0.379. The smallest absolute Gasteiger partial charge is 0.240 e. The molecule has 5 saturated carbocycles. The van der Waals surface area contributed by atoms with E-state index in [1.54, 1.807) is 6.92 Å². The minimum absolute atomic E-state index is 0.0624. The molecule has 6 fully saturated rings. The maximum atomic E-state index is 13.1. The van der Waals surface area contributed by atoms with Crippen molar-refractivity contribution >= 4 is 11.8 Å². The highest BCUT2D eigenvalue weighted by Crippen LogP contribution is 2.63. The van der Waals surface area contributed by atoms with Crippen LogP contribution in [0.3, 0.4) is 0 Å². The molecule has 1 saturated heterocycles. The number of carbonyl (C=O) groups is 2. The first-order valence-electron chi connectivity index (χ1n) is 9.75. The predicted octanol–water partition coefficient (Wildman–Crippen LogP) is 1.41. The van der Waals surface area contributed by atoms with Gasteiger partial charge in [-0.25, -0.2) is 0 Å². The van der Waals surface area contributed by atoms with Crippen molar-refractivity contribution in [1.82, 2.24) is 10.2 Å². The van der Waals surface area contributed by atoms with Crippen LogP contribution < -0.4 is 11.1 Å². The number of piperidine rings is 1. The second kappa shape index (κ2) is 4.75. The Morgan fingerprint density at radius 3 is 2.42 bits per heavy atom. The van der Waals surface area contributed by atoms with Crippen molar-refractivity contribution < 1.29 is 9.59 Å². The first-order valence-corrected chi connectivity index (χ1v) is 9.75. The van der Waals surface area contributed by atoms with E-state index >= 15 is 0 Å². The van der Waals surface area contributed by atoms with Gasteiger partial charge in [-0.1, -0.05) is 0 Å². The number of nitrogens with zero attached hydrogens (tertiary/aromatic N) is 1. The summed E-state index contributed by atoms with van der Waals surface area (Å²) >= 11 is 0. The van der Waals surface area contributed by atoms with E-state index in [0.717, 1.165) is 51.0 Å². The molecule has 4 unspecified atom stereocenters. The standard InChI is InChI=1S/C19H29N3O2/c1-11(23)21-19-8-12-4-13(9-19)7-18(6-12,10-19)16(20)17(24)22-3-2-14-5-15(14)22/h12-16H,2-10,20H2,1H3,(H,21,23)/t12?,13?,14?,15?,16-,18?,19?/m1/s1. The summed E-state index contributed by atoms with van der Waals surface area (Å²) in [4.78, 5) is 27.0. The highest BCUT2D eigenvalue weighted by molar-refractivity contribution is 5.84. The molecule has 1 heterocycles. The fourth-order valence-corrected chi connectivity index (χ4v) is 7.33. The highest BCUT2D eigenvalue weighted by atomic mass is 16.2. The largest absolute Gasteiger partial charge is 0.351 e. The zero-order valence-electron chi connectivity index (χ0n) is 14.6. The van der Waals surface area contributed by atoms with Gasteiger partial charge in [-0.15, -0.1) is 0 Å². The Hall–Kier alpha value is -1.10. The molecule has 0 aromatic rings. The Morgan fingerprint density at radius 1 is 1.17 bits per heavy atom. The maximum absolute atomic E-state index is 13.1. The topological polar surface area (TPSA) is 75.4 Å². The van der Waals surface area contributed by atoms with E-state index in [2.05, 4.69) is 10.2 Å². The summed E-state index contributed by atoms with van der Waals surface area (Å²) in [6.45, 7) is 2.52. The average Bonchev–Trinajstić information content (AvgIpc) is 3.13. The first-order chi connectivity index (χ1) is 11.4. The van der Waals surface area contributed by atoms with Crippen LogP contribution in [-0.4, -0.2) is 40.9 Å². The third-order valence-corrected chi connectivity index (χ3v) is 7.78. The molecule has 4 bridgehead atoms. The van der Waals surface area contributed by atoms with Gasteiger partial charge in [0.05, 0.1) is 6.04 Å². The summed E-state index contributed by atoms with van der Waals surface area (Å²) in [5.41, 5.74) is 6.48. The van der Waals surface area contributed by atoms with Crippen molar-refractivity contribution in [1.29, 1.82) is 0 Å². The van der Waals surface area contributed by atoms with Gasteiger partial charge in [0.25, 0.3) is 0 Å². The number of carbonyl (C=O) groups excluding carboxylic acids is 2. The van der Waals surface area contributed by atoms with Gasteiger partial charge in [-0.3, -0.25) is 9.59 Å². The Labute approximate surface area is 143 Å². The lowest BCUT2D eigenvalue weighted by Crippen LogP contribution is -2.68. The zero-order valence-corrected chi connectivity index (χ0v) is 14.6. The lowest BCUT2D eigenvalue weighted by molar-refractivity contribution is -0.147. The van der Waals surface area contributed by atoms with E-state index < -0.39 is 0 Å². The third kappa shape index (κ3) is 2.09. The van der Waals surface area contributed by atoms with Gasteiger partial charge in [0, 0.05) is 25.0 Å². The van der Waals surface area contributed by atoms with Crippen LogP contribution in [0.5, 0.6) is 0 Å². The first kappa shape index (κ1) is 15.2. The van der Waals surface area contributed by atoms with Crippen molar-refractivity contribution in [3.63, 3.8) is 0 Å². The molecule has 6 aliphatic rings. The van der Waals surface area contributed by atoms with Crippen molar-refractivity contribution in [3.05, 3.63) is 0 Å². The van der Waals surface area contributed by atoms with Crippen molar-refractivity contribution in [3.8, 4) is 0 Å². The molecule has 1 aliphatic heterocycles. The zero-order chi connectivity index (χ0) is 16.7. The van der Waals surface area contributed by atoms with Gasteiger partial charge in [0.15, 0.2) is 0 Å². The fraction of sp³-hybridized carbons (Fsp3) is 0.895. The van der Waals surface area contributed by atoms with Crippen molar-refractivity contribution in [2.45, 2.75) is 75.9 Å². The van der Waals surface area contributed by atoms with E-state index in [4.69, 9.17) is 5.73 Å². The lowest BCUT2D eigenvalue weighted by Gasteiger charge is -2.63. The van der Waals surface area contributed by atoms with Crippen LogP contribution in [0, 0.1) is 23.2 Å². The van der Waals surface area contributed by atoms with Gasteiger partial charge in [0.1, 0.15) is 0 Å². The molecule has 3 N–H and O–H groups in total. The number of hydrogen-bond donors (Lipinski definition) is 2. The van der Waals surface area contributed by atoms with Gasteiger partial charge < -0.3 is 16.0 Å². The molecule has 0 radical (unpaired) electrons. The van der Waals surface area contributed by atoms with E-state index in [-0.39, 0.29) is 28.8 Å². The van der Waals surface area contributed by atoms with E-state index in [1.807, 2.05) is 0 Å². The molecule has 5 aliphatic carbocycles. The molecule has 5 nitrogen and oxygen atoms in total. The summed E-state index contributed by atoms with van der Waals surface area (Å²) in [6, 6.07) is 0.109. The maximum Gasteiger partial charge on any atom is 0.240 e. The number of nitrogens with two attached hydrogens (primary N) is 1. The van der Waals surface area contributed by atoms with E-state index in [9.17, 15) is 9.59 Å². The van der Waals surface area contributed by atoms with Gasteiger partial charge in [0.2, 0.25) is 11.8 Å². The van der Waals surface area contributed by atoms with Crippen LogP contribution in [0.15, 0.2) is 0 Å². The molecule has 5 heteroatoms. The average molecular weight is 331 g/mol. The second-order valence-corrected chi connectivity index (χ2v) is 9.65. The summed E-state index contributed by atoms with van der Waals surface area (Å²) in [5, 5.41) is 3.27. The third-order valence-electron chi connectivity index (χ3n) is 7.78. The van der Waals surface area contributed by atoms with Crippen molar-refractivity contribution in [2.75, 3.05) is 6.54 Å². The number of rotatable bonds is 3. The monoisotopic (exact) mass is 331 g/mol. The summed E-state index contributed by atoms with van der Waals surface area (Å²) < 4.78 is 0. The van der Waals surface area contributed by atoms with Crippen LogP contribution in [0.25, 0.3) is 0 Å². The SMILES string of the molecule is CC(=O)NC12CC3CC(C1)CC([C@H](N)C(=O)N1CCC4CC41)(C3)C2. The molecule has 0 spiro atoms. The summed E-state index contributed by atoms with van der Waals surface area (Å²) in [6.07, 6.45) is 8.85. The lowest BCUT2D eigenvalue weighted by atomic mass is 9.45. The highest BCUT2D eigenvalue weighted by Gasteiger charge is 2.62. The Morgan fingerprint density at radius 2 is 1.88 bits per heavy atom. The van der Waals surface area contributed by atoms with Crippen LogP contribution >= 0.6 is 0 Å². The van der Waals surface area contributed by atoms with Crippen LogP contribution in [-0.2, 0) is 9.59 Å². The quantitative estimate of drug-likeness (QED) is 0.821. The van der Waals surface area contributed by atoms with Crippen molar-refractivity contribution in [2.24, 2.45) is 28.9 Å². The normalized spacial score (nSPS) is 49.0. The summed E-state index contributed by atoms with van der Waals surface area (Å²) in [7, 11) is 0. The van der Waals surface area contributed by atoms with Gasteiger partial charge in [-0.2, -0.15) is 0 Å². The predicted molar refractivity (Wildman–Crippen MR) is 89.9 cm³/mol. The molecule has 5 atom stereocenters. The molecule has 0 aromatic carbocycles. The number of likely N-dealkylation sites (tertiary alicyclic amines) is 1. The molecular weight excluding hydrogens is 302 g/mol. The molecule has 2 amide bonds. The summed E-state index contributed by atoms with van der Waals surface area (Å²) in [5.74, 6) is 2.27. The number of hydrogen-bond acceptors (Lipinski definition) is 3. The molecule has 24 heavy (non-hydrogen) atoms. The molecule has 6 rings (SSSR count). The van der Waals surface area contributed by atoms with Gasteiger partial charge >= 0.3 is 0 Å². The molecular formula is C19H29N3O2. The Balaban J connectivity index is 1.41. The molecule has 0 aromatic heterocycles. The van der Waals surface area contributed by atoms with Crippen LogP contribution in [0.2, 0.25) is 0 Å². The number of nitrogens with one attached hydrogen (secondary N) is 1. The van der Waals surface area contributed by atoms with E-state index in [1.165, 1.54) is 12.8 Å². The van der Waals surface area contributed by atoms with Crippen LogP contribution in [0.4, 0.5) is 0 Å². The second-order valence-electron chi connectivity index (χ2n) is 9.65. The fourth-order valence-electron chi connectivity index (χ4n) is 7.33. The van der Waals surface area contributed by atoms with Gasteiger partial charge in [-0.05, 0) is 74.5 Å². The number of amides is 2. The van der Waals surface area contributed by atoms with E-state index in [0.29, 0.717) is 17.9 Å². The Kier molecular flexibility index (Phi) is 3.00. The molecule has 132 valence electrons.